The second-order valence-corrected chi connectivity index (χ2v) is 5.04. The predicted octanol–water partition coefficient (Wildman–Crippen LogP) is 1.39. The Morgan fingerprint density at radius 1 is 1.35 bits per heavy atom. The van der Waals surface area contributed by atoms with Gasteiger partial charge in [-0.3, -0.25) is 20.2 Å². The molecule has 20 heavy (non-hydrogen) atoms. The number of rotatable bonds is 6. The number of non-ortho nitro benzene ring substituents is 1. The van der Waals surface area contributed by atoms with Gasteiger partial charge in [-0.1, -0.05) is 6.92 Å². The van der Waals surface area contributed by atoms with Crippen LogP contribution in [0.25, 0.3) is 0 Å². The topological polar surface area (TPSA) is 133 Å². The van der Waals surface area contributed by atoms with Gasteiger partial charge in [-0.15, -0.1) is 0 Å². The average molecular weight is 283 g/mol. The van der Waals surface area contributed by atoms with Crippen molar-refractivity contribution in [2.45, 2.75) is 26.4 Å². The number of nitrogens with zero attached hydrogens (tertiary/aromatic N) is 2. The van der Waals surface area contributed by atoms with Crippen LogP contribution < -0.4 is 5.73 Å². The Morgan fingerprint density at radius 2 is 1.95 bits per heavy atom. The summed E-state index contributed by atoms with van der Waals surface area (Å²) >= 11 is 0. The molecule has 0 aliphatic rings. The van der Waals surface area contributed by atoms with E-state index in [-0.39, 0.29) is 24.3 Å². The highest BCUT2D eigenvalue weighted by Crippen LogP contribution is 2.32. The summed E-state index contributed by atoms with van der Waals surface area (Å²) in [5.41, 5.74) is 4.53. The summed E-state index contributed by atoms with van der Waals surface area (Å²) in [6, 6.07) is 3.47. The lowest BCUT2D eigenvalue weighted by Gasteiger charge is -2.31. The highest BCUT2D eigenvalue weighted by Gasteiger charge is 2.32. The van der Waals surface area contributed by atoms with Gasteiger partial charge in [0.2, 0.25) is 0 Å². The van der Waals surface area contributed by atoms with Crippen LogP contribution in [0.4, 0.5) is 11.4 Å². The molecule has 1 aromatic rings. The normalized spacial score (nSPS) is 15.4. The fourth-order valence-electron chi connectivity index (χ4n) is 1.81. The lowest BCUT2D eigenvalue weighted by atomic mass is 9.79. The van der Waals surface area contributed by atoms with E-state index in [2.05, 4.69) is 0 Å². The molecule has 0 saturated heterocycles. The standard InChI is InChI=1S/C12H17N3O5/c1-8(16)12(2,7-13)6-9-3-4-10(14(17)18)5-11(9)15(19)20/h3-5,8,16H,6-7,13H2,1-2H3. The van der Waals surface area contributed by atoms with E-state index in [0.29, 0.717) is 5.56 Å². The Labute approximate surface area is 115 Å². The van der Waals surface area contributed by atoms with Crippen molar-refractivity contribution in [2.75, 3.05) is 6.54 Å². The highest BCUT2D eigenvalue weighted by atomic mass is 16.6. The van der Waals surface area contributed by atoms with Crippen LogP contribution in [-0.4, -0.2) is 27.6 Å². The van der Waals surface area contributed by atoms with E-state index in [1.165, 1.54) is 12.1 Å². The summed E-state index contributed by atoms with van der Waals surface area (Å²) in [5.74, 6) is 0. The first-order valence-corrected chi connectivity index (χ1v) is 6.01. The van der Waals surface area contributed by atoms with Gasteiger partial charge in [-0.05, 0) is 19.4 Å². The summed E-state index contributed by atoms with van der Waals surface area (Å²) in [7, 11) is 0. The summed E-state index contributed by atoms with van der Waals surface area (Å²) in [6.45, 7) is 3.41. The molecule has 110 valence electrons. The van der Waals surface area contributed by atoms with E-state index >= 15 is 0 Å². The molecule has 0 fully saturated rings. The maximum absolute atomic E-state index is 11.0. The predicted molar refractivity (Wildman–Crippen MR) is 72.3 cm³/mol. The quantitative estimate of drug-likeness (QED) is 0.598. The van der Waals surface area contributed by atoms with Gasteiger partial charge in [-0.25, -0.2) is 0 Å². The van der Waals surface area contributed by atoms with E-state index in [1.807, 2.05) is 0 Å². The van der Waals surface area contributed by atoms with Crippen molar-refractivity contribution in [2.24, 2.45) is 11.1 Å². The molecule has 0 heterocycles. The van der Waals surface area contributed by atoms with Crippen LogP contribution in [-0.2, 0) is 6.42 Å². The first-order chi connectivity index (χ1) is 9.21. The molecule has 0 bridgehead atoms. The molecule has 8 heteroatoms. The van der Waals surface area contributed by atoms with E-state index in [0.717, 1.165) is 6.07 Å². The minimum absolute atomic E-state index is 0.138. The Bertz CT molecular complexity index is 532. The van der Waals surface area contributed by atoms with Gasteiger partial charge in [0.25, 0.3) is 11.4 Å². The number of nitro groups is 2. The van der Waals surface area contributed by atoms with Gasteiger partial charge in [0.05, 0.1) is 22.0 Å². The molecule has 0 spiro atoms. The number of aliphatic hydroxyl groups is 1. The molecule has 1 rings (SSSR count). The van der Waals surface area contributed by atoms with Crippen molar-refractivity contribution in [3.8, 4) is 0 Å². The van der Waals surface area contributed by atoms with Gasteiger partial charge in [0.15, 0.2) is 0 Å². The highest BCUT2D eigenvalue weighted by molar-refractivity contribution is 5.49. The third kappa shape index (κ3) is 3.28. The molecule has 0 aliphatic heterocycles. The zero-order valence-corrected chi connectivity index (χ0v) is 11.3. The van der Waals surface area contributed by atoms with Gasteiger partial charge in [0.1, 0.15) is 0 Å². The second-order valence-electron chi connectivity index (χ2n) is 5.04. The smallest absolute Gasteiger partial charge is 0.279 e. The van der Waals surface area contributed by atoms with Crippen molar-refractivity contribution < 1.29 is 15.0 Å². The van der Waals surface area contributed by atoms with E-state index in [1.54, 1.807) is 13.8 Å². The molecular formula is C12H17N3O5. The van der Waals surface area contributed by atoms with Gasteiger partial charge in [0, 0.05) is 23.6 Å². The maximum atomic E-state index is 11.0. The minimum Gasteiger partial charge on any atom is -0.393 e. The zero-order valence-electron chi connectivity index (χ0n) is 11.3. The molecular weight excluding hydrogens is 266 g/mol. The van der Waals surface area contributed by atoms with Crippen molar-refractivity contribution in [1.82, 2.24) is 0 Å². The van der Waals surface area contributed by atoms with Crippen LogP contribution >= 0.6 is 0 Å². The van der Waals surface area contributed by atoms with E-state index < -0.39 is 21.4 Å². The van der Waals surface area contributed by atoms with Crippen molar-refractivity contribution >= 4 is 11.4 Å². The van der Waals surface area contributed by atoms with E-state index in [4.69, 9.17) is 5.73 Å². The number of hydrogen-bond donors (Lipinski definition) is 2. The molecule has 0 aliphatic carbocycles. The minimum atomic E-state index is -0.762. The fraction of sp³-hybridized carbons (Fsp3) is 0.500. The van der Waals surface area contributed by atoms with Crippen LogP contribution in [0.1, 0.15) is 19.4 Å². The summed E-state index contributed by atoms with van der Waals surface area (Å²) < 4.78 is 0. The Hall–Kier alpha value is -2.06. The average Bonchev–Trinajstić information content (AvgIpc) is 2.38. The summed E-state index contributed by atoms with van der Waals surface area (Å²) in [6.07, 6.45) is -0.600. The Kier molecular flexibility index (Phi) is 4.74. The monoisotopic (exact) mass is 283 g/mol. The largest absolute Gasteiger partial charge is 0.393 e. The number of aliphatic hydroxyl groups excluding tert-OH is 1. The molecule has 1 aromatic carbocycles. The third-order valence-corrected chi connectivity index (χ3v) is 3.55. The summed E-state index contributed by atoms with van der Waals surface area (Å²) in [4.78, 5) is 20.3. The molecule has 2 atom stereocenters. The lowest BCUT2D eigenvalue weighted by molar-refractivity contribution is -0.394. The maximum Gasteiger partial charge on any atom is 0.279 e. The molecule has 2 unspecified atom stereocenters. The first kappa shape index (κ1) is 16.0. The fourth-order valence-corrected chi connectivity index (χ4v) is 1.81. The summed E-state index contributed by atoms with van der Waals surface area (Å²) in [5, 5.41) is 31.4. The second kappa shape index (κ2) is 5.93. The van der Waals surface area contributed by atoms with Crippen LogP contribution in [0.5, 0.6) is 0 Å². The SMILES string of the molecule is CC(O)C(C)(CN)Cc1ccc([N+](=O)[O-])cc1[N+](=O)[O-]. The number of benzene rings is 1. The molecule has 0 aromatic heterocycles. The van der Waals surface area contributed by atoms with Gasteiger partial charge < -0.3 is 10.8 Å². The molecule has 8 nitrogen and oxygen atoms in total. The lowest BCUT2D eigenvalue weighted by Crippen LogP contribution is -2.39. The van der Waals surface area contributed by atoms with Crippen molar-refractivity contribution in [3.05, 3.63) is 44.0 Å². The molecule has 0 saturated carbocycles. The molecule has 0 radical (unpaired) electrons. The Morgan fingerprint density at radius 3 is 2.35 bits per heavy atom. The number of nitro benzene ring substituents is 2. The van der Waals surface area contributed by atoms with Crippen LogP contribution in [0, 0.1) is 25.6 Å². The van der Waals surface area contributed by atoms with Gasteiger partial charge in [-0.2, -0.15) is 0 Å². The molecule has 3 N–H and O–H groups in total. The van der Waals surface area contributed by atoms with Crippen LogP contribution in [0.3, 0.4) is 0 Å². The van der Waals surface area contributed by atoms with Gasteiger partial charge >= 0.3 is 0 Å². The Balaban J connectivity index is 3.25. The van der Waals surface area contributed by atoms with Crippen molar-refractivity contribution in [3.63, 3.8) is 0 Å². The first-order valence-electron chi connectivity index (χ1n) is 6.01. The number of hydrogen-bond acceptors (Lipinski definition) is 6. The molecule has 0 amide bonds. The third-order valence-electron chi connectivity index (χ3n) is 3.55. The van der Waals surface area contributed by atoms with Crippen molar-refractivity contribution in [1.29, 1.82) is 0 Å². The van der Waals surface area contributed by atoms with E-state index in [9.17, 15) is 25.3 Å². The van der Waals surface area contributed by atoms with Crippen LogP contribution in [0.2, 0.25) is 0 Å². The number of nitrogens with two attached hydrogens (primary N) is 1. The zero-order chi connectivity index (χ0) is 15.5. The van der Waals surface area contributed by atoms with Crippen LogP contribution in [0.15, 0.2) is 18.2 Å².